The number of rotatable bonds is 5. The largest absolute Gasteiger partial charge is 0.481 e. The predicted octanol–water partition coefficient (Wildman–Crippen LogP) is 1.44. The maximum Gasteiger partial charge on any atom is 0.303 e. The Balaban J connectivity index is 2.11. The lowest BCUT2D eigenvalue weighted by Gasteiger charge is -2.25. The van der Waals surface area contributed by atoms with E-state index in [1.807, 2.05) is 6.92 Å². The maximum absolute atomic E-state index is 10.3. The zero-order valence-electron chi connectivity index (χ0n) is 8.57. The average molecular weight is 202 g/mol. The first-order chi connectivity index (χ1) is 6.68. The SMILES string of the molecule is CC(CCC(=O)O)OC1CCOCC1. The smallest absolute Gasteiger partial charge is 0.303 e. The van der Waals surface area contributed by atoms with Gasteiger partial charge < -0.3 is 14.6 Å². The van der Waals surface area contributed by atoms with Crippen LogP contribution < -0.4 is 0 Å². The van der Waals surface area contributed by atoms with Crippen molar-refractivity contribution < 1.29 is 19.4 Å². The van der Waals surface area contributed by atoms with Gasteiger partial charge in [-0.25, -0.2) is 0 Å². The van der Waals surface area contributed by atoms with Crippen LogP contribution in [0.5, 0.6) is 0 Å². The molecule has 0 bridgehead atoms. The summed E-state index contributed by atoms with van der Waals surface area (Å²) in [7, 11) is 0. The van der Waals surface area contributed by atoms with Gasteiger partial charge in [-0.3, -0.25) is 4.79 Å². The number of carboxylic acids is 1. The molecule has 1 atom stereocenters. The summed E-state index contributed by atoms with van der Waals surface area (Å²) >= 11 is 0. The molecule has 1 unspecified atom stereocenters. The number of ether oxygens (including phenoxy) is 2. The third kappa shape index (κ3) is 4.58. The highest BCUT2D eigenvalue weighted by Gasteiger charge is 2.17. The molecule has 1 aliphatic rings. The van der Waals surface area contributed by atoms with Gasteiger partial charge in [0, 0.05) is 19.6 Å². The lowest BCUT2D eigenvalue weighted by atomic mass is 10.1. The van der Waals surface area contributed by atoms with Crippen molar-refractivity contribution in [2.24, 2.45) is 0 Å². The van der Waals surface area contributed by atoms with Crippen molar-refractivity contribution in [3.63, 3.8) is 0 Å². The number of carboxylic acid groups (broad SMARTS) is 1. The first-order valence-corrected chi connectivity index (χ1v) is 5.13. The van der Waals surface area contributed by atoms with Crippen LogP contribution in [0.15, 0.2) is 0 Å². The molecule has 1 saturated heterocycles. The van der Waals surface area contributed by atoms with E-state index in [2.05, 4.69) is 0 Å². The van der Waals surface area contributed by atoms with Crippen molar-refractivity contribution >= 4 is 5.97 Å². The Morgan fingerprint density at radius 2 is 2.21 bits per heavy atom. The van der Waals surface area contributed by atoms with Crippen LogP contribution in [0.2, 0.25) is 0 Å². The molecule has 14 heavy (non-hydrogen) atoms. The van der Waals surface area contributed by atoms with Crippen molar-refractivity contribution in [1.29, 1.82) is 0 Å². The van der Waals surface area contributed by atoms with Gasteiger partial charge in [-0.1, -0.05) is 0 Å². The fraction of sp³-hybridized carbons (Fsp3) is 0.900. The first kappa shape index (κ1) is 11.5. The van der Waals surface area contributed by atoms with Crippen molar-refractivity contribution in [3.8, 4) is 0 Å². The number of aliphatic carboxylic acids is 1. The normalized spacial score (nSPS) is 20.6. The standard InChI is InChI=1S/C10H18O4/c1-8(2-3-10(11)12)14-9-4-6-13-7-5-9/h8-9H,2-7H2,1H3,(H,11,12). The van der Waals surface area contributed by atoms with E-state index in [0.717, 1.165) is 26.1 Å². The van der Waals surface area contributed by atoms with Crippen molar-refractivity contribution in [1.82, 2.24) is 0 Å². The van der Waals surface area contributed by atoms with Crippen LogP contribution in [-0.2, 0) is 14.3 Å². The van der Waals surface area contributed by atoms with E-state index in [1.54, 1.807) is 0 Å². The van der Waals surface area contributed by atoms with Crippen molar-refractivity contribution in [3.05, 3.63) is 0 Å². The van der Waals surface area contributed by atoms with Gasteiger partial charge in [0.15, 0.2) is 0 Å². The maximum atomic E-state index is 10.3. The number of hydrogen-bond acceptors (Lipinski definition) is 3. The minimum atomic E-state index is -0.757. The van der Waals surface area contributed by atoms with E-state index >= 15 is 0 Å². The Hall–Kier alpha value is -0.610. The quantitative estimate of drug-likeness (QED) is 0.732. The molecular formula is C10H18O4. The van der Waals surface area contributed by atoms with Crippen LogP contribution in [0.1, 0.15) is 32.6 Å². The highest BCUT2D eigenvalue weighted by atomic mass is 16.5. The molecule has 82 valence electrons. The summed E-state index contributed by atoms with van der Waals surface area (Å²) < 4.78 is 10.9. The second-order valence-electron chi connectivity index (χ2n) is 3.69. The van der Waals surface area contributed by atoms with Crippen LogP contribution in [0.25, 0.3) is 0 Å². The monoisotopic (exact) mass is 202 g/mol. The van der Waals surface area contributed by atoms with Crippen LogP contribution in [0.3, 0.4) is 0 Å². The van der Waals surface area contributed by atoms with E-state index in [9.17, 15) is 4.79 Å². The van der Waals surface area contributed by atoms with Gasteiger partial charge in [0.2, 0.25) is 0 Å². The molecule has 1 N–H and O–H groups in total. The lowest BCUT2D eigenvalue weighted by molar-refractivity contribution is -0.138. The summed E-state index contributed by atoms with van der Waals surface area (Å²) in [5.41, 5.74) is 0. The van der Waals surface area contributed by atoms with E-state index in [0.29, 0.717) is 6.42 Å². The summed E-state index contributed by atoms with van der Waals surface area (Å²) in [4.78, 5) is 10.3. The predicted molar refractivity (Wildman–Crippen MR) is 51.3 cm³/mol. The minimum Gasteiger partial charge on any atom is -0.481 e. The second-order valence-corrected chi connectivity index (χ2v) is 3.69. The molecular weight excluding hydrogens is 184 g/mol. The molecule has 4 heteroatoms. The van der Waals surface area contributed by atoms with E-state index in [4.69, 9.17) is 14.6 Å². The average Bonchev–Trinajstić information content (AvgIpc) is 2.16. The molecule has 1 rings (SSSR count). The van der Waals surface area contributed by atoms with Crippen LogP contribution >= 0.6 is 0 Å². The molecule has 1 heterocycles. The fourth-order valence-corrected chi connectivity index (χ4v) is 1.54. The molecule has 0 amide bonds. The Morgan fingerprint density at radius 1 is 1.57 bits per heavy atom. The topological polar surface area (TPSA) is 55.8 Å². The lowest BCUT2D eigenvalue weighted by Crippen LogP contribution is -2.27. The highest BCUT2D eigenvalue weighted by molar-refractivity contribution is 5.66. The van der Waals surface area contributed by atoms with Gasteiger partial charge in [0.25, 0.3) is 0 Å². The second kappa shape index (κ2) is 5.98. The van der Waals surface area contributed by atoms with Crippen molar-refractivity contribution in [2.75, 3.05) is 13.2 Å². The van der Waals surface area contributed by atoms with Gasteiger partial charge in [-0.05, 0) is 26.2 Å². The van der Waals surface area contributed by atoms with Crippen LogP contribution in [-0.4, -0.2) is 36.5 Å². The van der Waals surface area contributed by atoms with E-state index < -0.39 is 5.97 Å². The Kier molecular flexibility index (Phi) is 4.90. The number of hydrogen-bond donors (Lipinski definition) is 1. The van der Waals surface area contributed by atoms with E-state index in [-0.39, 0.29) is 18.6 Å². The van der Waals surface area contributed by atoms with Gasteiger partial charge in [-0.15, -0.1) is 0 Å². The molecule has 0 radical (unpaired) electrons. The molecule has 0 aromatic heterocycles. The third-order valence-electron chi connectivity index (χ3n) is 2.36. The van der Waals surface area contributed by atoms with E-state index in [1.165, 1.54) is 0 Å². The molecule has 4 nitrogen and oxygen atoms in total. The summed E-state index contributed by atoms with van der Waals surface area (Å²) in [6, 6.07) is 0. The molecule has 0 saturated carbocycles. The zero-order valence-corrected chi connectivity index (χ0v) is 8.57. The highest BCUT2D eigenvalue weighted by Crippen LogP contribution is 2.14. The first-order valence-electron chi connectivity index (χ1n) is 5.13. The van der Waals surface area contributed by atoms with Gasteiger partial charge in [-0.2, -0.15) is 0 Å². The van der Waals surface area contributed by atoms with Gasteiger partial charge in [0.1, 0.15) is 0 Å². The fourth-order valence-electron chi connectivity index (χ4n) is 1.54. The van der Waals surface area contributed by atoms with Crippen LogP contribution in [0, 0.1) is 0 Å². The summed E-state index contributed by atoms with van der Waals surface area (Å²) in [5.74, 6) is -0.757. The molecule has 1 aliphatic heterocycles. The minimum absolute atomic E-state index is 0.0363. The third-order valence-corrected chi connectivity index (χ3v) is 2.36. The molecule has 0 aromatic rings. The zero-order chi connectivity index (χ0) is 10.4. The molecule has 1 fully saturated rings. The molecule has 0 spiro atoms. The summed E-state index contributed by atoms with van der Waals surface area (Å²) in [5, 5.41) is 8.49. The van der Waals surface area contributed by atoms with Gasteiger partial charge in [0.05, 0.1) is 12.2 Å². The Morgan fingerprint density at radius 3 is 2.79 bits per heavy atom. The number of carbonyl (C=O) groups is 1. The van der Waals surface area contributed by atoms with Gasteiger partial charge >= 0.3 is 5.97 Å². The molecule has 0 aliphatic carbocycles. The van der Waals surface area contributed by atoms with Crippen LogP contribution in [0.4, 0.5) is 0 Å². The Labute approximate surface area is 84.2 Å². The summed E-state index contributed by atoms with van der Waals surface area (Å²) in [6.07, 6.45) is 2.92. The Bertz CT molecular complexity index is 175. The summed E-state index contributed by atoms with van der Waals surface area (Å²) in [6.45, 7) is 3.45. The van der Waals surface area contributed by atoms with Crippen molar-refractivity contribution in [2.45, 2.75) is 44.8 Å². The molecule has 0 aromatic carbocycles.